The normalized spacial score (nSPS) is 10.2. The fourth-order valence-electron chi connectivity index (χ4n) is 1.01. The van der Waals surface area contributed by atoms with E-state index >= 15 is 0 Å². The quantitative estimate of drug-likeness (QED) is 0.814. The van der Waals surface area contributed by atoms with Crippen LogP contribution >= 0.6 is 23.1 Å². The molecule has 0 fully saturated rings. The van der Waals surface area contributed by atoms with Crippen LogP contribution in [0.5, 0.6) is 0 Å². The van der Waals surface area contributed by atoms with Crippen LogP contribution in [-0.4, -0.2) is 21.0 Å². The molecule has 5 nitrogen and oxygen atoms in total. The van der Waals surface area contributed by atoms with Crippen molar-refractivity contribution in [3.63, 3.8) is 0 Å². The standard InChI is InChI=1S/C9H6N2O3S2/c12-7-2-8(11-4-10-7)16-5-1-6(9(13)14)15-3-5/h1-4H,(H,13,14)(H,10,11,12). The molecule has 2 aromatic rings. The molecule has 0 radical (unpaired) electrons. The summed E-state index contributed by atoms with van der Waals surface area (Å²) < 4.78 is 0. The molecule has 0 saturated carbocycles. The number of hydrogen-bond donors (Lipinski definition) is 2. The van der Waals surface area contributed by atoms with Gasteiger partial charge in [-0.15, -0.1) is 11.3 Å². The highest BCUT2D eigenvalue weighted by molar-refractivity contribution is 7.99. The molecule has 82 valence electrons. The molecule has 7 heteroatoms. The zero-order valence-corrected chi connectivity index (χ0v) is 9.47. The summed E-state index contributed by atoms with van der Waals surface area (Å²) in [7, 11) is 0. The average Bonchev–Trinajstić information content (AvgIpc) is 2.66. The summed E-state index contributed by atoms with van der Waals surface area (Å²) in [6, 6.07) is 2.92. The molecule has 0 spiro atoms. The van der Waals surface area contributed by atoms with Gasteiger partial charge in [-0.2, -0.15) is 0 Å². The minimum atomic E-state index is -0.948. The molecule has 0 amide bonds. The van der Waals surface area contributed by atoms with Crippen LogP contribution in [-0.2, 0) is 0 Å². The van der Waals surface area contributed by atoms with Crippen molar-refractivity contribution in [3.05, 3.63) is 39.1 Å². The second-order valence-electron chi connectivity index (χ2n) is 2.80. The number of thiophene rings is 1. The molecule has 0 atom stereocenters. The first kappa shape index (κ1) is 10.9. The highest BCUT2D eigenvalue weighted by Crippen LogP contribution is 2.29. The Morgan fingerprint density at radius 2 is 2.31 bits per heavy atom. The predicted octanol–water partition coefficient (Wildman–Crippen LogP) is 1.68. The van der Waals surface area contributed by atoms with Gasteiger partial charge in [0.05, 0.1) is 6.33 Å². The lowest BCUT2D eigenvalue weighted by Gasteiger charge is -1.94. The van der Waals surface area contributed by atoms with E-state index in [9.17, 15) is 9.59 Å². The largest absolute Gasteiger partial charge is 0.477 e. The SMILES string of the molecule is O=C(O)c1cc(Sc2cc(=O)[nH]cn2)cs1. The number of H-pyrrole nitrogens is 1. The fraction of sp³-hybridized carbons (Fsp3) is 0. The van der Waals surface area contributed by atoms with Gasteiger partial charge in [0.2, 0.25) is 0 Å². The van der Waals surface area contributed by atoms with Crippen molar-refractivity contribution in [1.29, 1.82) is 0 Å². The van der Waals surface area contributed by atoms with E-state index < -0.39 is 5.97 Å². The Morgan fingerprint density at radius 1 is 1.50 bits per heavy atom. The number of aromatic amines is 1. The van der Waals surface area contributed by atoms with Gasteiger partial charge in [-0.05, 0) is 6.07 Å². The van der Waals surface area contributed by atoms with Crippen molar-refractivity contribution in [1.82, 2.24) is 9.97 Å². The molecule has 0 aliphatic carbocycles. The number of hydrogen-bond acceptors (Lipinski definition) is 5. The molecule has 0 bridgehead atoms. The molecule has 2 heterocycles. The topological polar surface area (TPSA) is 83.0 Å². The van der Waals surface area contributed by atoms with Crippen LogP contribution in [0.2, 0.25) is 0 Å². The number of carboxylic acids is 1. The molecule has 2 rings (SSSR count). The Morgan fingerprint density at radius 3 is 2.94 bits per heavy atom. The van der Waals surface area contributed by atoms with Crippen molar-refractivity contribution >= 4 is 29.1 Å². The number of nitrogens with one attached hydrogen (secondary N) is 1. The number of carbonyl (C=O) groups is 1. The first-order chi connectivity index (χ1) is 7.65. The summed E-state index contributed by atoms with van der Waals surface area (Å²) in [5, 5.41) is 11.0. The lowest BCUT2D eigenvalue weighted by Crippen LogP contribution is -2.03. The van der Waals surface area contributed by atoms with Crippen LogP contribution in [0.25, 0.3) is 0 Å². The van der Waals surface area contributed by atoms with E-state index in [0.29, 0.717) is 5.03 Å². The predicted molar refractivity (Wildman–Crippen MR) is 60.3 cm³/mol. The number of aromatic carboxylic acids is 1. The van der Waals surface area contributed by atoms with Gasteiger partial charge in [0.25, 0.3) is 5.56 Å². The first-order valence-corrected chi connectivity index (χ1v) is 5.89. The van der Waals surface area contributed by atoms with Crippen LogP contribution in [0.15, 0.2) is 38.6 Å². The lowest BCUT2D eigenvalue weighted by atomic mass is 10.5. The monoisotopic (exact) mass is 254 g/mol. The molecule has 2 aromatic heterocycles. The Labute approximate surface area is 98.2 Å². The summed E-state index contributed by atoms with van der Waals surface area (Å²) >= 11 is 2.40. The summed E-state index contributed by atoms with van der Waals surface area (Å²) in [6.45, 7) is 0. The zero-order valence-electron chi connectivity index (χ0n) is 7.84. The minimum absolute atomic E-state index is 0.230. The second-order valence-corrected chi connectivity index (χ2v) is 4.81. The third-order valence-corrected chi connectivity index (χ3v) is 3.63. The third-order valence-electron chi connectivity index (χ3n) is 1.66. The van der Waals surface area contributed by atoms with E-state index in [4.69, 9.17) is 5.11 Å². The lowest BCUT2D eigenvalue weighted by molar-refractivity contribution is 0.0702. The molecule has 16 heavy (non-hydrogen) atoms. The second kappa shape index (κ2) is 4.50. The molecular weight excluding hydrogens is 248 g/mol. The van der Waals surface area contributed by atoms with Crippen LogP contribution < -0.4 is 5.56 Å². The van der Waals surface area contributed by atoms with Crippen molar-refractivity contribution in [2.75, 3.05) is 0 Å². The maximum Gasteiger partial charge on any atom is 0.345 e. The van der Waals surface area contributed by atoms with E-state index in [-0.39, 0.29) is 10.4 Å². The van der Waals surface area contributed by atoms with Gasteiger partial charge in [-0.1, -0.05) is 11.8 Å². The van der Waals surface area contributed by atoms with Gasteiger partial charge in [0.15, 0.2) is 0 Å². The Bertz CT molecular complexity index is 576. The van der Waals surface area contributed by atoms with Gasteiger partial charge in [0.1, 0.15) is 9.90 Å². The van der Waals surface area contributed by atoms with Gasteiger partial charge in [-0.3, -0.25) is 4.79 Å². The maximum absolute atomic E-state index is 11.0. The average molecular weight is 254 g/mol. The van der Waals surface area contributed by atoms with Crippen LogP contribution in [0.3, 0.4) is 0 Å². The summed E-state index contributed by atoms with van der Waals surface area (Å²) in [6.07, 6.45) is 1.31. The maximum atomic E-state index is 11.0. The van der Waals surface area contributed by atoms with E-state index in [1.54, 1.807) is 11.4 Å². The number of nitrogens with zero attached hydrogens (tertiary/aromatic N) is 1. The minimum Gasteiger partial charge on any atom is -0.477 e. The summed E-state index contributed by atoms with van der Waals surface area (Å²) in [5.41, 5.74) is -0.230. The Balaban J connectivity index is 2.20. The van der Waals surface area contributed by atoms with Crippen molar-refractivity contribution < 1.29 is 9.90 Å². The van der Waals surface area contributed by atoms with Gasteiger partial charge < -0.3 is 10.1 Å². The molecular formula is C9H6N2O3S2. The molecule has 0 unspecified atom stereocenters. The van der Waals surface area contributed by atoms with Crippen LogP contribution in [0, 0.1) is 0 Å². The fourth-order valence-corrected chi connectivity index (χ4v) is 2.72. The van der Waals surface area contributed by atoms with Gasteiger partial charge in [0, 0.05) is 16.3 Å². The Hall–Kier alpha value is -1.60. The van der Waals surface area contributed by atoms with Crippen molar-refractivity contribution in [2.24, 2.45) is 0 Å². The third kappa shape index (κ3) is 2.50. The molecule has 0 saturated heterocycles. The molecule has 2 N–H and O–H groups in total. The van der Waals surface area contributed by atoms with E-state index in [1.165, 1.54) is 24.2 Å². The number of rotatable bonds is 3. The van der Waals surface area contributed by atoms with E-state index in [1.807, 2.05) is 0 Å². The van der Waals surface area contributed by atoms with E-state index in [0.717, 1.165) is 16.2 Å². The molecule has 0 aromatic carbocycles. The summed E-state index contributed by atoms with van der Waals surface area (Å²) in [5.74, 6) is -0.948. The number of carboxylic acid groups (broad SMARTS) is 1. The van der Waals surface area contributed by atoms with Crippen LogP contribution in [0.4, 0.5) is 0 Å². The summed E-state index contributed by atoms with van der Waals surface area (Å²) in [4.78, 5) is 29.0. The van der Waals surface area contributed by atoms with Crippen molar-refractivity contribution in [3.8, 4) is 0 Å². The first-order valence-electron chi connectivity index (χ1n) is 4.19. The smallest absolute Gasteiger partial charge is 0.345 e. The Kier molecular flexibility index (Phi) is 3.07. The van der Waals surface area contributed by atoms with Gasteiger partial charge >= 0.3 is 5.97 Å². The highest BCUT2D eigenvalue weighted by atomic mass is 32.2. The van der Waals surface area contributed by atoms with Crippen LogP contribution in [0.1, 0.15) is 9.67 Å². The highest BCUT2D eigenvalue weighted by Gasteiger charge is 2.08. The van der Waals surface area contributed by atoms with Gasteiger partial charge in [-0.25, -0.2) is 9.78 Å². The number of aromatic nitrogens is 2. The van der Waals surface area contributed by atoms with Crippen molar-refractivity contribution in [2.45, 2.75) is 9.92 Å². The molecule has 0 aliphatic heterocycles. The molecule has 0 aliphatic rings. The zero-order chi connectivity index (χ0) is 11.5. The van der Waals surface area contributed by atoms with E-state index in [2.05, 4.69) is 9.97 Å².